The minimum atomic E-state index is -2.48. The van der Waals surface area contributed by atoms with Crippen molar-refractivity contribution in [3.8, 4) is 0 Å². The Balaban J connectivity index is 2.10. The highest BCUT2D eigenvalue weighted by Crippen LogP contribution is 2.29. The fourth-order valence-electron chi connectivity index (χ4n) is 2.26. The predicted octanol–water partition coefficient (Wildman–Crippen LogP) is 3.83. The lowest BCUT2D eigenvalue weighted by Gasteiger charge is -2.27. The van der Waals surface area contributed by atoms with Crippen LogP contribution in [-0.4, -0.2) is 48.9 Å². The number of nitrogens with zero attached hydrogens (tertiary/aromatic N) is 1. The highest BCUT2D eigenvalue weighted by atomic mass is 32.2. The van der Waals surface area contributed by atoms with Crippen molar-refractivity contribution in [3.05, 3.63) is 24.0 Å². The van der Waals surface area contributed by atoms with Crippen molar-refractivity contribution in [2.24, 2.45) is 0 Å². The third kappa shape index (κ3) is 5.31. The van der Waals surface area contributed by atoms with Gasteiger partial charge < -0.3 is 15.0 Å². The number of carbonyl (C=O) groups excluding carboxylic acids is 1. The third-order valence-electron chi connectivity index (χ3n) is 3.50. The Morgan fingerprint density at radius 3 is 3.00 bits per heavy atom. The fourth-order valence-corrected chi connectivity index (χ4v) is 3.00. The van der Waals surface area contributed by atoms with Crippen molar-refractivity contribution >= 4 is 23.5 Å². The highest BCUT2D eigenvalue weighted by Gasteiger charge is 2.23. The number of carbonyl (C=O) groups is 1. The van der Waals surface area contributed by atoms with Crippen molar-refractivity contribution in [3.63, 3.8) is 0 Å². The standard InChI is InChI=1S/C15H19F3N2O2S/c1-10-4-6-22-7-5-20(10)15(21)19-12-8-11(16)2-3-13(12)23-9-14(17)18/h2-3,8,10,14H,4-7,9H2,1H3,(H,19,21). The molecule has 23 heavy (non-hydrogen) atoms. The second kappa shape index (κ2) is 8.44. The van der Waals surface area contributed by atoms with Gasteiger partial charge in [0.05, 0.1) is 18.0 Å². The van der Waals surface area contributed by atoms with Crippen molar-refractivity contribution in [1.29, 1.82) is 0 Å². The summed E-state index contributed by atoms with van der Waals surface area (Å²) >= 11 is 0.883. The smallest absolute Gasteiger partial charge is 0.322 e. The zero-order chi connectivity index (χ0) is 16.8. The van der Waals surface area contributed by atoms with E-state index in [4.69, 9.17) is 4.74 Å². The molecule has 1 unspecified atom stereocenters. The van der Waals surface area contributed by atoms with Gasteiger partial charge in [-0.2, -0.15) is 0 Å². The van der Waals surface area contributed by atoms with Crippen molar-refractivity contribution < 1.29 is 22.7 Å². The van der Waals surface area contributed by atoms with E-state index in [0.29, 0.717) is 31.1 Å². The number of alkyl halides is 2. The Hall–Kier alpha value is -1.41. The van der Waals surface area contributed by atoms with Gasteiger partial charge in [0.1, 0.15) is 5.82 Å². The summed E-state index contributed by atoms with van der Waals surface area (Å²) in [7, 11) is 0. The van der Waals surface area contributed by atoms with E-state index < -0.39 is 18.0 Å². The van der Waals surface area contributed by atoms with Gasteiger partial charge in [-0.15, -0.1) is 11.8 Å². The monoisotopic (exact) mass is 348 g/mol. The molecule has 1 saturated heterocycles. The number of rotatable bonds is 4. The molecule has 0 bridgehead atoms. The van der Waals surface area contributed by atoms with E-state index in [2.05, 4.69) is 5.32 Å². The molecule has 1 heterocycles. The molecule has 1 N–H and O–H groups in total. The van der Waals surface area contributed by atoms with E-state index in [1.807, 2.05) is 6.92 Å². The number of urea groups is 1. The molecule has 1 atom stereocenters. The number of ether oxygens (including phenoxy) is 1. The molecule has 0 saturated carbocycles. The first-order valence-corrected chi connectivity index (χ1v) is 8.32. The molecule has 128 valence electrons. The average molecular weight is 348 g/mol. The molecule has 4 nitrogen and oxygen atoms in total. The average Bonchev–Trinajstić information content (AvgIpc) is 2.70. The van der Waals surface area contributed by atoms with Gasteiger partial charge in [0, 0.05) is 24.1 Å². The van der Waals surface area contributed by atoms with Crippen LogP contribution in [0.3, 0.4) is 0 Å². The van der Waals surface area contributed by atoms with Gasteiger partial charge in [0.15, 0.2) is 0 Å². The van der Waals surface area contributed by atoms with Gasteiger partial charge in [-0.3, -0.25) is 0 Å². The highest BCUT2D eigenvalue weighted by molar-refractivity contribution is 7.99. The lowest BCUT2D eigenvalue weighted by Crippen LogP contribution is -2.42. The van der Waals surface area contributed by atoms with Crippen LogP contribution in [0.15, 0.2) is 23.1 Å². The van der Waals surface area contributed by atoms with E-state index in [0.717, 1.165) is 17.8 Å². The van der Waals surface area contributed by atoms with Crippen LogP contribution < -0.4 is 5.32 Å². The van der Waals surface area contributed by atoms with Gasteiger partial charge >= 0.3 is 6.03 Å². The first-order chi connectivity index (χ1) is 11.0. The molecule has 0 aliphatic carbocycles. The van der Waals surface area contributed by atoms with Gasteiger partial charge in [-0.05, 0) is 31.5 Å². The van der Waals surface area contributed by atoms with E-state index in [9.17, 15) is 18.0 Å². The summed E-state index contributed by atoms with van der Waals surface area (Å²) in [6.45, 7) is 3.36. The van der Waals surface area contributed by atoms with Crippen LogP contribution in [0.1, 0.15) is 13.3 Å². The summed E-state index contributed by atoms with van der Waals surface area (Å²) in [6, 6.07) is 3.33. The van der Waals surface area contributed by atoms with E-state index in [1.165, 1.54) is 12.1 Å². The maximum atomic E-state index is 13.4. The summed E-state index contributed by atoms with van der Waals surface area (Å²) in [6.07, 6.45) is -1.76. The minimum Gasteiger partial charge on any atom is -0.380 e. The number of nitrogens with one attached hydrogen (secondary N) is 1. The van der Waals surface area contributed by atoms with Gasteiger partial charge in [-0.25, -0.2) is 18.0 Å². The zero-order valence-electron chi connectivity index (χ0n) is 12.7. The van der Waals surface area contributed by atoms with Crippen LogP contribution in [-0.2, 0) is 4.74 Å². The first-order valence-electron chi connectivity index (χ1n) is 7.33. The molecule has 1 aliphatic heterocycles. The topological polar surface area (TPSA) is 41.6 Å². The third-order valence-corrected chi connectivity index (χ3v) is 4.58. The Kier molecular flexibility index (Phi) is 6.59. The Morgan fingerprint density at radius 1 is 1.48 bits per heavy atom. The molecule has 0 spiro atoms. The van der Waals surface area contributed by atoms with Gasteiger partial charge in [0.2, 0.25) is 6.43 Å². The lowest BCUT2D eigenvalue weighted by molar-refractivity contribution is 0.143. The second-order valence-corrected chi connectivity index (χ2v) is 6.28. The van der Waals surface area contributed by atoms with Crippen molar-refractivity contribution in [1.82, 2.24) is 4.90 Å². The van der Waals surface area contributed by atoms with Crippen LogP contribution in [0.5, 0.6) is 0 Å². The van der Waals surface area contributed by atoms with Crippen LogP contribution in [0.25, 0.3) is 0 Å². The van der Waals surface area contributed by atoms with E-state index >= 15 is 0 Å². The number of benzene rings is 1. The molecule has 1 aliphatic rings. The fraction of sp³-hybridized carbons (Fsp3) is 0.533. The molecule has 8 heteroatoms. The summed E-state index contributed by atoms with van der Waals surface area (Å²) in [4.78, 5) is 14.4. The van der Waals surface area contributed by atoms with Crippen LogP contribution in [0, 0.1) is 5.82 Å². The summed E-state index contributed by atoms with van der Waals surface area (Å²) < 4.78 is 43.5. The van der Waals surface area contributed by atoms with E-state index in [-0.39, 0.29) is 17.8 Å². The zero-order valence-corrected chi connectivity index (χ0v) is 13.5. The molecule has 1 aromatic rings. The summed E-state index contributed by atoms with van der Waals surface area (Å²) in [5.41, 5.74) is 0.206. The molecular weight excluding hydrogens is 329 g/mol. The number of thioether (sulfide) groups is 1. The van der Waals surface area contributed by atoms with Gasteiger partial charge in [-0.1, -0.05) is 0 Å². The normalized spacial score (nSPS) is 18.8. The van der Waals surface area contributed by atoms with Crippen molar-refractivity contribution in [2.75, 3.05) is 30.8 Å². The predicted molar refractivity (Wildman–Crippen MR) is 83.8 cm³/mol. The number of halogens is 3. The van der Waals surface area contributed by atoms with Crippen LogP contribution in [0.4, 0.5) is 23.7 Å². The molecule has 2 amide bonds. The minimum absolute atomic E-state index is 0.0109. The molecular formula is C15H19F3N2O2S. The van der Waals surface area contributed by atoms with Crippen LogP contribution >= 0.6 is 11.8 Å². The Morgan fingerprint density at radius 2 is 2.26 bits per heavy atom. The summed E-state index contributed by atoms with van der Waals surface area (Å²) in [5, 5.41) is 2.63. The maximum absolute atomic E-state index is 13.4. The number of hydrogen-bond acceptors (Lipinski definition) is 3. The van der Waals surface area contributed by atoms with Gasteiger partial charge in [0.25, 0.3) is 0 Å². The Bertz CT molecular complexity index is 545. The Labute approximate surface area is 137 Å². The lowest BCUT2D eigenvalue weighted by atomic mass is 10.2. The van der Waals surface area contributed by atoms with Crippen LogP contribution in [0.2, 0.25) is 0 Å². The maximum Gasteiger partial charge on any atom is 0.322 e. The molecule has 0 radical (unpaired) electrons. The number of anilines is 1. The van der Waals surface area contributed by atoms with Crippen molar-refractivity contribution in [2.45, 2.75) is 30.7 Å². The second-order valence-electron chi connectivity index (χ2n) is 5.22. The molecule has 1 aromatic carbocycles. The quantitative estimate of drug-likeness (QED) is 0.841. The van der Waals surface area contributed by atoms with E-state index in [1.54, 1.807) is 4.90 Å². The summed E-state index contributed by atoms with van der Waals surface area (Å²) in [5.74, 6) is -0.948. The number of amides is 2. The molecule has 0 aromatic heterocycles. The number of hydrogen-bond donors (Lipinski definition) is 1. The molecule has 1 fully saturated rings. The SMILES string of the molecule is CC1CCOCCN1C(=O)Nc1cc(F)ccc1SCC(F)F. The largest absolute Gasteiger partial charge is 0.380 e. The molecule has 2 rings (SSSR count). The first kappa shape index (κ1) is 17.9.